The molecule has 0 bridgehead atoms. The van der Waals surface area contributed by atoms with E-state index >= 15 is 0 Å². The Morgan fingerprint density at radius 3 is 3.00 bits per heavy atom. The summed E-state index contributed by atoms with van der Waals surface area (Å²) in [6.45, 7) is 7.76. The third kappa shape index (κ3) is 3.05. The van der Waals surface area contributed by atoms with Crippen LogP contribution in [0.4, 0.5) is 0 Å². The molecule has 2 atom stereocenters. The van der Waals surface area contributed by atoms with Crippen molar-refractivity contribution in [2.45, 2.75) is 30.7 Å². The number of fused-ring (bicyclic) bond motifs is 1. The Morgan fingerprint density at radius 2 is 2.24 bits per heavy atom. The summed E-state index contributed by atoms with van der Waals surface area (Å²) in [5.74, 6) is 0.864. The smallest absolute Gasteiger partial charge is 0.243 e. The second kappa shape index (κ2) is 6.14. The quantitative estimate of drug-likeness (QED) is 0.730. The fourth-order valence-electron chi connectivity index (χ4n) is 3.40. The molecule has 0 saturated carbocycles. The largest absolute Gasteiger partial charge is 0.353 e. The molecule has 3 heterocycles. The van der Waals surface area contributed by atoms with E-state index in [-0.39, 0.29) is 22.7 Å². The van der Waals surface area contributed by atoms with Gasteiger partial charge in [0.25, 0.3) is 0 Å². The number of amides is 2. The minimum absolute atomic E-state index is 0.0107. The fourth-order valence-corrected chi connectivity index (χ4v) is 4.84. The molecule has 2 N–H and O–H groups in total. The van der Waals surface area contributed by atoms with E-state index < -0.39 is 0 Å². The second-order valence-corrected chi connectivity index (χ2v) is 7.65. The Bertz CT molecular complexity index is 427. The molecular formula is C14H24N4O2S. The first-order chi connectivity index (χ1) is 10.1. The summed E-state index contributed by atoms with van der Waals surface area (Å²) >= 11 is 1.74. The van der Waals surface area contributed by atoms with Gasteiger partial charge in [-0.05, 0) is 13.3 Å². The van der Waals surface area contributed by atoms with Crippen LogP contribution in [0.25, 0.3) is 0 Å². The van der Waals surface area contributed by atoms with Crippen LogP contribution in [0.3, 0.4) is 0 Å². The predicted octanol–water partition coefficient (Wildman–Crippen LogP) is -0.538. The Kier molecular flexibility index (Phi) is 4.42. The van der Waals surface area contributed by atoms with Crippen LogP contribution in [-0.4, -0.2) is 77.5 Å². The van der Waals surface area contributed by atoms with Crippen LogP contribution in [-0.2, 0) is 9.59 Å². The van der Waals surface area contributed by atoms with Crippen LogP contribution in [0.15, 0.2) is 0 Å². The molecule has 118 valence electrons. The molecule has 0 aromatic carbocycles. The number of rotatable bonds is 4. The maximum atomic E-state index is 12.4. The number of nitrogens with one attached hydrogen (secondary N) is 2. The van der Waals surface area contributed by atoms with Crippen molar-refractivity contribution >= 4 is 23.6 Å². The lowest BCUT2D eigenvalue weighted by atomic mass is 10.2. The molecule has 0 aromatic heterocycles. The molecule has 0 aliphatic carbocycles. The summed E-state index contributed by atoms with van der Waals surface area (Å²) < 4.78 is 0. The highest BCUT2D eigenvalue weighted by molar-refractivity contribution is 8.01. The first-order valence-electron chi connectivity index (χ1n) is 7.77. The van der Waals surface area contributed by atoms with Crippen molar-refractivity contribution in [1.29, 1.82) is 0 Å². The highest BCUT2D eigenvalue weighted by Gasteiger charge is 2.52. The van der Waals surface area contributed by atoms with Crippen molar-refractivity contribution in [3.63, 3.8) is 0 Å². The molecule has 2 unspecified atom stereocenters. The van der Waals surface area contributed by atoms with Crippen molar-refractivity contribution < 1.29 is 9.59 Å². The minimum atomic E-state index is -0.280. The lowest BCUT2D eigenvalue weighted by Gasteiger charge is -2.30. The molecule has 2 amide bonds. The number of carbonyl (C=O) groups excluding carboxylic acids is 2. The summed E-state index contributed by atoms with van der Waals surface area (Å²) in [7, 11) is 0. The first-order valence-corrected chi connectivity index (χ1v) is 8.76. The zero-order valence-electron chi connectivity index (χ0n) is 12.6. The zero-order chi connectivity index (χ0) is 14.9. The van der Waals surface area contributed by atoms with Gasteiger partial charge in [0, 0.05) is 51.4 Å². The molecule has 7 heteroatoms. The Balaban J connectivity index is 1.48. The van der Waals surface area contributed by atoms with Crippen LogP contribution in [0.5, 0.6) is 0 Å². The maximum absolute atomic E-state index is 12.4. The molecule has 3 aliphatic rings. The highest BCUT2D eigenvalue weighted by atomic mass is 32.2. The molecule has 3 fully saturated rings. The molecule has 0 radical (unpaired) electrons. The van der Waals surface area contributed by atoms with Gasteiger partial charge in [0.05, 0.1) is 4.87 Å². The summed E-state index contributed by atoms with van der Waals surface area (Å²) in [6.07, 6.45) is 1.44. The highest BCUT2D eigenvalue weighted by Crippen LogP contribution is 2.47. The summed E-state index contributed by atoms with van der Waals surface area (Å²) in [4.78, 5) is 28.4. The zero-order valence-corrected chi connectivity index (χ0v) is 13.4. The number of carbonyl (C=O) groups is 2. The molecule has 3 aliphatic heterocycles. The van der Waals surface area contributed by atoms with Crippen molar-refractivity contribution in [3.8, 4) is 0 Å². The molecule has 3 saturated heterocycles. The van der Waals surface area contributed by atoms with Crippen LogP contribution < -0.4 is 10.6 Å². The lowest BCUT2D eigenvalue weighted by molar-refractivity contribution is -0.137. The Labute approximate surface area is 130 Å². The van der Waals surface area contributed by atoms with Gasteiger partial charge >= 0.3 is 0 Å². The number of thioether (sulfide) groups is 1. The molecule has 3 rings (SSSR count). The topological polar surface area (TPSA) is 64.7 Å². The van der Waals surface area contributed by atoms with Crippen LogP contribution in [0.2, 0.25) is 0 Å². The van der Waals surface area contributed by atoms with Crippen LogP contribution in [0, 0.1) is 0 Å². The van der Waals surface area contributed by atoms with E-state index in [9.17, 15) is 9.59 Å². The van der Waals surface area contributed by atoms with Gasteiger partial charge in [0.1, 0.15) is 6.04 Å². The predicted molar refractivity (Wildman–Crippen MR) is 83.1 cm³/mol. The van der Waals surface area contributed by atoms with Gasteiger partial charge in [-0.3, -0.25) is 14.5 Å². The Morgan fingerprint density at radius 1 is 1.48 bits per heavy atom. The fraction of sp³-hybridized carbons (Fsp3) is 0.857. The number of nitrogens with zero attached hydrogens (tertiary/aromatic N) is 2. The van der Waals surface area contributed by atoms with E-state index in [2.05, 4.69) is 22.5 Å². The van der Waals surface area contributed by atoms with Crippen molar-refractivity contribution in [3.05, 3.63) is 0 Å². The van der Waals surface area contributed by atoms with Crippen molar-refractivity contribution in [2.75, 3.05) is 45.0 Å². The van der Waals surface area contributed by atoms with E-state index in [1.807, 2.05) is 4.90 Å². The van der Waals surface area contributed by atoms with Crippen LogP contribution >= 0.6 is 11.8 Å². The standard InChI is InChI=1S/C14H24N4O2S/c1-14-3-2-12(19)18(14)11(10-21-14)13(20)16-6-9-17-7-4-15-5-8-17/h11,15H,2-10H2,1H3,(H,16,20). The summed E-state index contributed by atoms with van der Waals surface area (Å²) in [5, 5.41) is 6.33. The second-order valence-electron chi connectivity index (χ2n) is 6.15. The van der Waals surface area contributed by atoms with Gasteiger partial charge in [0.15, 0.2) is 0 Å². The van der Waals surface area contributed by atoms with Gasteiger partial charge in [-0.1, -0.05) is 0 Å². The van der Waals surface area contributed by atoms with Crippen LogP contribution in [0.1, 0.15) is 19.8 Å². The summed E-state index contributed by atoms with van der Waals surface area (Å²) in [6, 6.07) is -0.280. The normalized spacial score (nSPS) is 33.3. The lowest BCUT2D eigenvalue weighted by Crippen LogP contribution is -2.52. The monoisotopic (exact) mass is 312 g/mol. The molecular weight excluding hydrogens is 288 g/mol. The molecule has 6 nitrogen and oxygen atoms in total. The average Bonchev–Trinajstić information content (AvgIpc) is 2.97. The maximum Gasteiger partial charge on any atom is 0.243 e. The van der Waals surface area contributed by atoms with E-state index in [1.165, 1.54) is 0 Å². The third-order valence-electron chi connectivity index (χ3n) is 4.68. The molecule has 21 heavy (non-hydrogen) atoms. The van der Waals surface area contributed by atoms with E-state index in [0.29, 0.717) is 13.0 Å². The molecule has 0 aromatic rings. The number of piperazine rings is 1. The minimum Gasteiger partial charge on any atom is -0.353 e. The first kappa shape index (κ1) is 15.1. The molecule has 0 spiro atoms. The summed E-state index contributed by atoms with van der Waals surface area (Å²) in [5.41, 5.74) is 0. The van der Waals surface area contributed by atoms with Gasteiger partial charge in [-0.2, -0.15) is 0 Å². The van der Waals surface area contributed by atoms with Crippen molar-refractivity contribution in [2.24, 2.45) is 0 Å². The van der Waals surface area contributed by atoms with Crippen molar-refractivity contribution in [1.82, 2.24) is 20.4 Å². The van der Waals surface area contributed by atoms with Gasteiger partial charge in [-0.15, -0.1) is 11.8 Å². The third-order valence-corrected chi connectivity index (χ3v) is 6.19. The number of hydrogen-bond acceptors (Lipinski definition) is 5. The van der Waals surface area contributed by atoms with E-state index in [1.54, 1.807) is 11.8 Å². The SMILES string of the molecule is CC12CCC(=O)N1C(C(=O)NCCN1CCNCC1)CS2. The average molecular weight is 312 g/mol. The van der Waals surface area contributed by atoms with E-state index in [4.69, 9.17) is 0 Å². The van der Waals surface area contributed by atoms with Gasteiger partial charge < -0.3 is 15.5 Å². The Hall–Kier alpha value is -0.790. The number of hydrogen-bond donors (Lipinski definition) is 2. The van der Waals surface area contributed by atoms with Gasteiger partial charge in [-0.25, -0.2) is 0 Å². The van der Waals surface area contributed by atoms with Gasteiger partial charge in [0.2, 0.25) is 11.8 Å². The van der Waals surface area contributed by atoms with E-state index in [0.717, 1.165) is 44.9 Å².